The summed E-state index contributed by atoms with van der Waals surface area (Å²) in [5.74, 6) is 0. The average molecular weight is 246 g/mol. The molecule has 0 bridgehead atoms. The molecule has 1 aliphatic heterocycles. The molecule has 0 aliphatic carbocycles. The molecule has 0 atom stereocenters. The number of piperidine rings is 1. The molecule has 0 unspecified atom stereocenters. The third-order valence-corrected chi connectivity index (χ3v) is 3.42. The van der Waals surface area contributed by atoms with Gasteiger partial charge in [0.25, 0.3) is 0 Å². The fourth-order valence-electron chi connectivity index (χ4n) is 2.33. The SMILES string of the molecule is [CH]1CCN(CCCCOCc2ccccc2)CC1. The van der Waals surface area contributed by atoms with E-state index in [-0.39, 0.29) is 0 Å². The highest BCUT2D eigenvalue weighted by atomic mass is 16.5. The minimum Gasteiger partial charge on any atom is -0.377 e. The Hall–Kier alpha value is -0.860. The molecule has 2 nitrogen and oxygen atoms in total. The molecule has 0 spiro atoms. The zero-order valence-electron chi connectivity index (χ0n) is 11.2. The summed E-state index contributed by atoms with van der Waals surface area (Å²) in [6, 6.07) is 10.4. The Morgan fingerprint density at radius 2 is 1.78 bits per heavy atom. The summed E-state index contributed by atoms with van der Waals surface area (Å²) in [7, 11) is 0. The summed E-state index contributed by atoms with van der Waals surface area (Å²) in [6.07, 6.45) is 7.37. The van der Waals surface area contributed by atoms with Crippen molar-refractivity contribution in [1.29, 1.82) is 0 Å². The molecule has 0 saturated carbocycles. The summed E-state index contributed by atoms with van der Waals surface area (Å²) in [5, 5.41) is 0. The monoisotopic (exact) mass is 246 g/mol. The van der Waals surface area contributed by atoms with Gasteiger partial charge in [-0.1, -0.05) is 30.3 Å². The molecule has 2 rings (SSSR count). The molecule has 0 aromatic heterocycles. The Morgan fingerprint density at radius 1 is 1.00 bits per heavy atom. The second kappa shape index (κ2) is 8.28. The number of hydrogen-bond donors (Lipinski definition) is 0. The summed E-state index contributed by atoms with van der Waals surface area (Å²) >= 11 is 0. The number of hydrogen-bond acceptors (Lipinski definition) is 2. The predicted molar refractivity (Wildman–Crippen MR) is 75.3 cm³/mol. The quantitative estimate of drug-likeness (QED) is 0.685. The zero-order chi connectivity index (χ0) is 12.5. The smallest absolute Gasteiger partial charge is 0.0716 e. The molecule has 18 heavy (non-hydrogen) atoms. The molecule has 1 fully saturated rings. The van der Waals surface area contributed by atoms with Crippen molar-refractivity contribution in [1.82, 2.24) is 4.90 Å². The Balaban J connectivity index is 1.46. The predicted octanol–water partition coefficient (Wildman–Crippen LogP) is 3.28. The van der Waals surface area contributed by atoms with Gasteiger partial charge in [0.2, 0.25) is 0 Å². The van der Waals surface area contributed by atoms with Crippen LogP contribution in [0.3, 0.4) is 0 Å². The fourth-order valence-corrected chi connectivity index (χ4v) is 2.33. The highest BCUT2D eigenvalue weighted by Crippen LogP contribution is 2.08. The van der Waals surface area contributed by atoms with Crippen molar-refractivity contribution in [3.8, 4) is 0 Å². The van der Waals surface area contributed by atoms with Crippen molar-refractivity contribution < 1.29 is 4.74 Å². The maximum absolute atomic E-state index is 5.68. The molecule has 99 valence electrons. The summed E-state index contributed by atoms with van der Waals surface area (Å²) in [4.78, 5) is 2.57. The van der Waals surface area contributed by atoms with Gasteiger partial charge in [0.15, 0.2) is 0 Å². The topological polar surface area (TPSA) is 12.5 Å². The van der Waals surface area contributed by atoms with Crippen molar-refractivity contribution in [2.24, 2.45) is 0 Å². The van der Waals surface area contributed by atoms with Crippen molar-refractivity contribution >= 4 is 0 Å². The van der Waals surface area contributed by atoms with Gasteiger partial charge in [-0.2, -0.15) is 0 Å². The molecule has 1 heterocycles. The van der Waals surface area contributed by atoms with Crippen molar-refractivity contribution in [2.45, 2.75) is 32.3 Å². The standard InChI is InChI=1S/C16H24NO/c1-3-9-16(10-4-1)15-18-14-8-7-13-17-11-5-2-6-12-17/h1-4,9-10H,5-8,11-15H2. The normalized spacial score (nSPS) is 16.9. The van der Waals surface area contributed by atoms with Crippen LogP contribution in [0.25, 0.3) is 0 Å². The molecule has 0 amide bonds. The Bertz CT molecular complexity index is 306. The highest BCUT2D eigenvalue weighted by molar-refractivity contribution is 5.13. The second-order valence-electron chi connectivity index (χ2n) is 4.95. The summed E-state index contributed by atoms with van der Waals surface area (Å²) < 4.78 is 5.68. The van der Waals surface area contributed by atoms with Gasteiger partial charge in [0.1, 0.15) is 0 Å². The molecular formula is C16H24NO. The van der Waals surface area contributed by atoms with E-state index in [4.69, 9.17) is 4.74 Å². The van der Waals surface area contributed by atoms with Crippen molar-refractivity contribution in [3.05, 3.63) is 42.3 Å². The van der Waals surface area contributed by atoms with Gasteiger partial charge >= 0.3 is 0 Å². The minimum absolute atomic E-state index is 0.750. The van der Waals surface area contributed by atoms with E-state index in [2.05, 4.69) is 35.6 Å². The van der Waals surface area contributed by atoms with Gasteiger partial charge in [-0.15, -0.1) is 0 Å². The lowest BCUT2D eigenvalue weighted by atomic mass is 10.1. The zero-order valence-corrected chi connectivity index (χ0v) is 11.2. The number of ether oxygens (including phenoxy) is 1. The second-order valence-corrected chi connectivity index (χ2v) is 4.95. The van der Waals surface area contributed by atoms with E-state index in [1.165, 1.54) is 50.9 Å². The molecule has 2 heteroatoms. The first-order valence-electron chi connectivity index (χ1n) is 7.11. The van der Waals surface area contributed by atoms with Crippen molar-refractivity contribution in [3.63, 3.8) is 0 Å². The van der Waals surface area contributed by atoms with Crippen LogP contribution in [0.1, 0.15) is 31.2 Å². The van der Waals surface area contributed by atoms with Crippen LogP contribution in [-0.4, -0.2) is 31.1 Å². The number of unbranched alkanes of at least 4 members (excludes halogenated alkanes) is 1. The summed E-state index contributed by atoms with van der Waals surface area (Å²) in [6.45, 7) is 5.38. The number of nitrogens with zero attached hydrogens (tertiary/aromatic N) is 1. The molecular weight excluding hydrogens is 222 g/mol. The lowest BCUT2D eigenvalue weighted by Gasteiger charge is -2.26. The van der Waals surface area contributed by atoms with E-state index in [1.54, 1.807) is 0 Å². The van der Waals surface area contributed by atoms with Crippen LogP contribution in [0, 0.1) is 6.42 Å². The molecule has 1 saturated heterocycles. The van der Waals surface area contributed by atoms with Gasteiger partial charge in [-0.25, -0.2) is 0 Å². The van der Waals surface area contributed by atoms with Gasteiger partial charge in [-0.3, -0.25) is 0 Å². The number of benzene rings is 1. The third-order valence-electron chi connectivity index (χ3n) is 3.42. The number of rotatable bonds is 7. The lowest BCUT2D eigenvalue weighted by Crippen LogP contribution is -2.30. The van der Waals surface area contributed by atoms with E-state index >= 15 is 0 Å². The van der Waals surface area contributed by atoms with Crippen LogP contribution in [0.2, 0.25) is 0 Å². The number of likely N-dealkylation sites (tertiary alicyclic amines) is 1. The first-order chi connectivity index (χ1) is 8.95. The van der Waals surface area contributed by atoms with Crippen LogP contribution in [0.4, 0.5) is 0 Å². The lowest BCUT2D eigenvalue weighted by molar-refractivity contribution is 0.113. The largest absolute Gasteiger partial charge is 0.377 e. The third kappa shape index (κ3) is 5.19. The maximum atomic E-state index is 5.68. The van der Waals surface area contributed by atoms with Crippen LogP contribution in [0.15, 0.2) is 30.3 Å². The Morgan fingerprint density at radius 3 is 2.56 bits per heavy atom. The molecule has 1 aliphatic rings. The van der Waals surface area contributed by atoms with Crippen LogP contribution in [-0.2, 0) is 11.3 Å². The van der Waals surface area contributed by atoms with E-state index < -0.39 is 0 Å². The first-order valence-corrected chi connectivity index (χ1v) is 7.11. The van der Waals surface area contributed by atoms with E-state index in [0.29, 0.717) is 0 Å². The van der Waals surface area contributed by atoms with Gasteiger partial charge in [0, 0.05) is 6.61 Å². The Labute approximate surface area is 111 Å². The van der Waals surface area contributed by atoms with Crippen molar-refractivity contribution in [2.75, 3.05) is 26.2 Å². The van der Waals surface area contributed by atoms with Crippen LogP contribution in [0.5, 0.6) is 0 Å². The maximum Gasteiger partial charge on any atom is 0.0716 e. The van der Waals surface area contributed by atoms with Gasteiger partial charge in [0.05, 0.1) is 6.61 Å². The molecule has 1 aromatic rings. The molecule has 1 radical (unpaired) electrons. The van der Waals surface area contributed by atoms with Crippen LogP contribution < -0.4 is 0 Å². The first kappa shape index (κ1) is 13.6. The Kier molecular flexibility index (Phi) is 6.24. The van der Waals surface area contributed by atoms with E-state index in [0.717, 1.165) is 13.2 Å². The molecule has 1 aromatic carbocycles. The minimum atomic E-state index is 0.750. The van der Waals surface area contributed by atoms with Gasteiger partial charge in [-0.05, 0) is 57.3 Å². The summed E-state index contributed by atoms with van der Waals surface area (Å²) in [5.41, 5.74) is 1.27. The van der Waals surface area contributed by atoms with E-state index in [9.17, 15) is 0 Å². The molecule has 0 N–H and O–H groups in total. The highest BCUT2D eigenvalue weighted by Gasteiger charge is 2.08. The fraction of sp³-hybridized carbons (Fsp3) is 0.562. The van der Waals surface area contributed by atoms with E-state index in [1.807, 2.05) is 6.07 Å². The average Bonchev–Trinajstić information content (AvgIpc) is 2.45. The van der Waals surface area contributed by atoms with Crippen LogP contribution >= 0.6 is 0 Å². The van der Waals surface area contributed by atoms with Gasteiger partial charge < -0.3 is 9.64 Å².